The van der Waals surface area contributed by atoms with Gasteiger partial charge in [-0.3, -0.25) is 0 Å². The summed E-state index contributed by atoms with van der Waals surface area (Å²) in [6, 6.07) is 4.05. The Morgan fingerprint density at radius 2 is 2.20 bits per heavy atom. The molecule has 1 fully saturated rings. The molecule has 0 aromatic carbocycles. The molecular formula is C16H26ClNOS. The number of halogens is 1. The molecule has 20 heavy (non-hydrogen) atoms. The van der Waals surface area contributed by atoms with Crippen molar-refractivity contribution >= 4 is 22.9 Å². The number of nitrogens with two attached hydrogens (primary N) is 1. The summed E-state index contributed by atoms with van der Waals surface area (Å²) >= 11 is 7.66. The molecule has 0 aliphatic heterocycles. The predicted octanol–water partition coefficient (Wildman–Crippen LogP) is 5.17. The number of hydrogen-bond donors (Lipinski definition) is 1. The molecule has 1 aromatic rings. The van der Waals surface area contributed by atoms with Crippen molar-refractivity contribution < 1.29 is 4.74 Å². The molecule has 4 unspecified atom stereocenters. The Morgan fingerprint density at radius 1 is 1.40 bits per heavy atom. The van der Waals surface area contributed by atoms with E-state index in [1.807, 2.05) is 6.07 Å². The zero-order valence-corrected chi connectivity index (χ0v) is 14.1. The van der Waals surface area contributed by atoms with Gasteiger partial charge in [0.05, 0.1) is 10.4 Å². The van der Waals surface area contributed by atoms with Gasteiger partial charge in [-0.2, -0.15) is 0 Å². The lowest BCUT2D eigenvalue weighted by Crippen LogP contribution is -2.33. The zero-order chi connectivity index (χ0) is 14.5. The van der Waals surface area contributed by atoms with Gasteiger partial charge in [0.25, 0.3) is 0 Å². The molecule has 2 N–H and O–H groups in total. The molecule has 1 saturated carbocycles. The number of rotatable bonds is 6. The van der Waals surface area contributed by atoms with Crippen molar-refractivity contribution in [3.05, 3.63) is 21.3 Å². The van der Waals surface area contributed by atoms with Crippen molar-refractivity contribution in [3.8, 4) is 0 Å². The van der Waals surface area contributed by atoms with Crippen molar-refractivity contribution in [1.29, 1.82) is 0 Å². The van der Waals surface area contributed by atoms with Crippen LogP contribution < -0.4 is 5.73 Å². The Kier molecular flexibility index (Phi) is 6.34. The van der Waals surface area contributed by atoms with Crippen LogP contribution in [-0.4, -0.2) is 12.1 Å². The largest absolute Gasteiger partial charge is 0.368 e. The first-order valence-corrected chi connectivity index (χ1v) is 8.99. The third kappa shape index (κ3) is 4.20. The molecule has 0 radical (unpaired) electrons. The van der Waals surface area contributed by atoms with Crippen molar-refractivity contribution in [1.82, 2.24) is 0 Å². The first-order valence-electron chi connectivity index (χ1n) is 7.80. The van der Waals surface area contributed by atoms with Crippen molar-refractivity contribution in [2.75, 3.05) is 0 Å². The fourth-order valence-corrected chi connectivity index (χ4v) is 4.19. The summed E-state index contributed by atoms with van der Waals surface area (Å²) in [5.74, 6) is 0.819. The highest BCUT2D eigenvalue weighted by atomic mass is 35.5. The molecule has 0 spiro atoms. The Balaban J connectivity index is 2.04. The van der Waals surface area contributed by atoms with Crippen LogP contribution in [0.5, 0.6) is 0 Å². The summed E-state index contributed by atoms with van der Waals surface area (Å²) in [5, 5.41) is 0. The van der Waals surface area contributed by atoms with Crippen molar-refractivity contribution in [2.45, 2.75) is 70.6 Å². The average molecular weight is 316 g/mol. The summed E-state index contributed by atoms with van der Waals surface area (Å²) in [4.78, 5) is 1.17. The molecule has 4 heteroatoms. The molecule has 114 valence electrons. The summed E-state index contributed by atoms with van der Waals surface area (Å²) in [6.07, 6.45) is 7.52. The highest BCUT2D eigenvalue weighted by Gasteiger charge is 2.28. The molecule has 0 bridgehead atoms. The maximum atomic E-state index is 6.40. The Labute approximate surface area is 131 Å². The van der Waals surface area contributed by atoms with E-state index >= 15 is 0 Å². The van der Waals surface area contributed by atoms with Crippen LogP contribution in [0.2, 0.25) is 4.34 Å². The molecule has 0 saturated heterocycles. The molecule has 4 atom stereocenters. The minimum absolute atomic E-state index is 0.00175. The number of hydrogen-bond acceptors (Lipinski definition) is 3. The Hall–Kier alpha value is -0.0900. The van der Waals surface area contributed by atoms with E-state index in [4.69, 9.17) is 22.1 Å². The fraction of sp³-hybridized carbons (Fsp3) is 0.750. The lowest BCUT2D eigenvalue weighted by molar-refractivity contribution is -0.0520. The topological polar surface area (TPSA) is 35.2 Å². The fourth-order valence-electron chi connectivity index (χ4n) is 3.02. The molecule has 1 aliphatic rings. The maximum absolute atomic E-state index is 6.40. The summed E-state index contributed by atoms with van der Waals surface area (Å²) in [6.45, 7) is 4.40. The highest BCUT2D eigenvalue weighted by molar-refractivity contribution is 7.16. The van der Waals surface area contributed by atoms with Crippen LogP contribution in [0.1, 0.15) is 63.4 Å². The van der Waals surface area contributed by atoms with Crippen LogP contribution in [0.3, 0.4) is 0 Å². The van der Waals surface area contributed by atoms with E-state index in [1.54, 1.807) is 11.3 Å². The van der Waals surface area contributed by atoms with Crippen molar-refractivity contribution in [2.24, 2.45) is 11.7 Å². The zero-order valence-electron chi connectivity index (χ0n) is 12.5. The minimum atomic E-state index is -0.00175. The van der Waals surface area contributed by atoms with E-state index in [-0.39, 0.29) is 12.1 Å². The SMILES string of the molecule is CCC1CCCC(OC(c2ccc(Cl)s2)C(N)CC)C1. The second kappa shape index (κ2) is 7.79. The predicted molar refractivity (Wildman–Crippen MR) is 87.5 cm³/mol. The summed E-state index contributed by atoms with van der Waals surface area (Å²) < 4.78 is 7.21. The van der Waals surface area contributed by atoms with Crippen LogP contribution >= 0.6 is 22.9 Å². The summed E-state index contributed by atoms with van der Waals surface area (Å²) in [5.41, 5.74) is 6.28. The van der Waals surface area contributed by atoms with Gasteiger partial charge in [0.15, 0.2) is 0 Å². The monoisotopic (exact) mass is 315 g/mol. The first kappa shape index (κ1) is 16.3. The second-order valence-electron chi connectivity index (χ2n) is 5.83. The van der Waals surface area contributed by atoms with Gasteiger partial charge in [0.2, 0.25) is 0 Å². The van der Waals surface area contributed by atoms with Gasteiger partial charge in [0, 0.05) is 10.9 Å². The van der Waals surface area contributed by atoms with Gasteiger partial charge in [-0.25, -0.2) is 0 Å². The van der Waals surface area contributed by atoms with Gasteiger partial charge in [0.1, 0.15) is 6.10 Å². The van der Waals surface area contributed by atoms with Crippen LogP contribution in [0.25, 0.3) is 0 Å². The second-order valence-corrected chi connectivity index (χ2v) is 7.58. The first-order chi connectivity index (χ1) is 9.63. The van der Waals surface area contributed by atoms with Gasteiger partial charge in [-0.1, -0.05) is 44.7 Å². The average Bonchev–Trinajstić information content (AvgIpc) is 2.90. The van der Waals surface area contributed by atoms with Gasteiger partial charge in [-0.15, -0.1) is 11.3 Å². The standard InChI is InChI=1S/C16H26ClNOS/c1-3-11-6-5-7-12(10-11)19-16(13(18)4-2)14-8-9-15(17)20-14/h8-9,11-13,16H,3-7,10,18H2,1-2H3. The van der Waals surface area contributed by atoms with Gasteiger partial charge >= 0.3 is 0 Å². The van der Waals surface area contributed by atoms with Crippen LogP contribution in [0.4, 0.5) is 0 Å². The third-order valence-electron chi connectivity index (χ3n) is 4.39. The van der Waals surface area contributed by atoms with Crippen LogP contribution in [-0.2, 0) is 4.74 Å². The number of thiophene rings is 1. The molecule has 1 heterocycles. The quantitative estimate of drug-likeness (QED) is 0.786. The van der Waals surface area contributed by atoms with Gasteiger partial charge in [-0.05, 0) is 37.3 Å². The smallest absolute Gasteiger partial charge is 0.107 e. The van der Waals surface area contributed by atoms with Crippen LogP contribution in [0.15, 0.2) is 12.1 Å². The van der Waals surface area contributed by atoms with E-state index < -0.39 is 0 Å². The third-order valence-corrected chi connectivity index (χ3v) is 5.68. The van der Waals surface area contributed by atoms with E-state index in [1.165, 1.54) is 37.0 Å². The maximum Gasteiger partial charge on any atom is 0.107 e. The Bertz CT molecular complexity index is 409. The molecule has 1 aromatic heterocycles. The highest BCUT2D eigenvalue weighted by Crippen LogP contribution is 2.36. The molecule has 0 amide bonds. The Morgan fingerprint density at radius 3 is 2.80 bits per heavy atom. The lowest BCUT2D eigenvalue weighted by Gasteiger charge is -2.33. The van der Waals surface area contributed by atoms with E-state index in [0.29, 0.717) is 6.10 Å². The normalized spacial score (nSPS) is 26.4. The molecule has 2 nitrogen and oxygen atoms in total. The van der Waals surface area contributed by atoms with E-state index in [9.17, 15) is 0 Å². The minimum Gasteiger partial charge on any atom is -0.368 e. The van der Waals surface area contributed by atoms with Crippen molar-refractivity contribution in [3.63, 3.8) is 0 Å². The molecule has 1 aliphatic carbocycles. The summed E-state index contributed by atoms with van der Waals surface area (Å²) in [7, 11) is 0. The lowest BCUT2D eigenvalue weighted by atomic mass is 9.85. The van der Waals surface area contributed by atoms with Gasteiger partial charge < -0.3 is 10.5 Å². The van der Waals surface area contributed by atoms with E-state index in [2.05, 4.69) is 19.9 Å². The molecular weight excluding hydrogens is 290 g/mol. The van der Waals surface area contributed by atoms with Crippen LogP contribution in [0, 0.1) is 5.92 Å². The molecule has 2 rings (SSSR count). The number of ether oxygens (including phenoxy) is 1. The van der Waals surface area contributed by atoms with E-state index in [0.717, 1.165) is 16.7 Å².